The van der Waals surface area contributed by atoms with Gasteiger partial charge in [-0.05, 0) is 25.1 Å². The molecular formula is C17H13N3O. The van der Waals surface area contributed by atoms with E-state index in [2.05, 4.69) is 28.2 Å². The van der Waals surface area contributed by atoms with Gasteiger partial charge in [0.2, 0.25) is 0 Å². The average molecular weight is 275 g/mol. The summed E-state index contributed by atoms with van der Waals surface area (Å²) in [5.74, 6) is 2.01. The smallest absolute Gasteiger partial charge is 0.192 e. The lowest BCUT2D eigenvalue weighted by Gasteiger charge is -1.91. The van der Waals surface area contributed by atoms with E-state index in [0.29, 0.717) is 17.4 Å². The van der Waals surface area contributed by atoms with Crippen molar-refractivity contribution in [1.82, 2.24) is 15.2 Å². The number of aryl methyl sites for hydroxylation is 1. The van der Waals surface area contributed by atoms with Gasteiger partial charge in [0, 0.05) is 10.9 Å². The second kappa shape index (κ2) is 4.59. The van der Waals surface area contributed by atoms with E-state index in [0.717, 1.165) is 16.5 Å². The fourth-order valence-electron chi connectivity index (χ4n) is 2.37. The molecule has 0 fully saturated rings. The van der Waals surface area contributed by atoms with Crippen LogP contribution in [-0.2, 0) is 0 Å². The number of aromatic amines is 1. The zero-order valence-electron chi connectivity index (χ0n) is 11.5. The Kier molecular flexibility index (Phi) is 2.60. The maximum Gasteiger partial charge on any atom is 0.192 e. The summed E-state index contributed by atoms with van der Waals surface area (Å²) in [6.07, 6.45) is 0. The Morgan fingerprint density at radius 1 is 1.00 bits per heavy atom. The SMILES string of the molecule is Cc1ccc2oc(-c3nc(-c4ccccc4)n[nH]3)cc2c1. The van der Waals surface area contributed by atoms with Crippen molar-refractivity contribution in [2.75, 3.05) is 0 Å². The lowest BCUT2D eigenvalue weighted by atomic mass is 10.2. The van der Waals surface area contributed by atoms with Gasteiger partial charge in [0.25, 0.3) is 0 Å². The van der Waals surface area contributed by atoms with Crippen molar-refractivity contribution >= 4 is 11.0 Å². The summed E-state index contributed by atoms with van der Waals surface area (Å²) in [6.45, 7) is 2.06. The molecule has 0 atom stereocenters. The first-order valence-corrected chi connectivity index (χ1v) is 6.78. The lowest BCUT2D eigenvalue weighted by Crippen LogP contribution is -1.79. The topological polar surface area (TPSA) is 54.7 Å². The van der Waals surface area contributed by atoms with Gasteiger partial charge < -0.3 is 4.42 Å². The summed E-state index contributed by atoms with van der Waals surface area (Å²) in [7, 11) is 0. The molecule has 0 saturated heterocycles. The molecule has 4 aromatic rings. The minimum Gasteiger partial charge on any atom is -0.453 e. The Labute approximate surface area is 121 Å². The van der Waals surface area contributed by atoms with Gasteiger partial charge in [-0.3, -0.25) is 5.10 Å². The molecule has 0 spiro atoms. The summed E-state index contributed by atoms with van der Waals surface area (Å²) in [5.41, 5.74) is 3.04. The first-order chi connectivity index (χ1) is 10.3. The monoisotopic (exact) mass is 275 g/mol. The summed E-state index contributed by atoms with van der Waals surface area (Å²) < 4.78 is 5.82. The molecule has 2 aromatic carbocycles. The molecule has 1 N–H and O–H groups in total. The zero-order valence-corrected chi connectivity index (χ0v) is 11.5. The van der Waals surface area contributed by atoms with Crippen LogP contribution in [0.3, 0.4) is 0 Å². The molecule has 2 heterocycles. The van der Waals surface area contributed by atoms with Crippen molar-refractivity contribution in [3.63, 3.8) is 0 Å². The molecule has 0 aliphatic rings. The molecule has 0 saturated carbocycles. The largest absolute Gasteiger partial charge is 0.453 e. The first kappa shape index (κ1) is 11.9. The molecule has 4 rings (SSSR count). The maximum absolute atomic E-state index is 5.82. The number of rotatable bonds is 2. The molecule has 0 unspecified atom stereocenters. The molecule has 0 aliphatic carbocycles. The highest BCUT2D eigenvalue weighted by atomic mass is 16.3. The van der Waals surface area contributed by atoms with Crippen LogP contribution >= 0.6 is 0 Å². The van der Waals surface area contributed by atoms with Gasteiger partial charge in [-0.2, -0.15) is 5.10 Å². The van der Waals surface area contributed by atoms with Gasteiger partial charge in [-0.1, -0.05) is 42.0 Å². The highest BCUT2D eigenvalue weighted by molar-refractivity contribution is 5.82. The van der Waals surface area contributed by atoms with Gasteiger partial charge >= 0.3 is 0 Å². The number of fused-ring (bicyclic) bond motifs is 1. The van der Waals surface area contributed by atoms with Crippen LogP contribution in [0.4, 0.5) is 0 Å². The van der Waals surface area contributed by atoms with E-state index >= 15 is 0 Å². The molecule has 0 radical (unpaired) electrons. The van der Waals surface area contributed by atoms with Crippen LogP contribution in [0, 0.1) is 6.92 Å². The molecule has 21 heavy (non-hydrogen) atoms. The third-order valence-corrected chi connectivity index (χ3v) is 3.42. The van der Waals surface area contributed by atoms with Crippen LogP contribution in [-0.4, -0.2) is 15.2 Å². The van der Waals surface area contributed by atoms with E-state index < -0.39 is 0 Å². The zero-order chi connectivity index (χ0) is 14.2. The fourth-order valence-corrected chi connectivity index (χ4v) is 2.37. The Bertz CT molecular complexity index is 906. The highest BCUT2D eigenvalue weighted by Gasteiger charge is 2.12. The highest BCUT2D eigenvalue weighted by Crippen LogP contribution is 2.27. The Hall–Kier alpha value is -2.88. The molecule has 4 nitrogen and oxygen atoms in total. The van der Waals surface area contributed by atoms with Crippen molar-refractivity contribution in [1.29, 1.82) is 0 Å². The molecule has 2 aromatic heterocycles. The van der Waals surface area contributed by atoms with E-state index in [1.807, 2.05) is 48.5 Å². The Morgan fingerprint density at radius 2 is 1.86 bits per heavy atom. The Morgan fingerprint density at radius 3 is 2.71 bits per heavy atom. The standard InChI is InChI=1S/C17H13N3O/c1-11-7-8-14-13(9-11)10-15(21-14)17-18-16(19-20-17)12-5-3-2-4-6-12/h2-10H,1H3,(H,18,19,20). The second-order valence-corrected chi connectivity index (χ2v) is 5.03. The Balaban J connectivity index is 1.77. The van der Waals surface area contributed by atoms with E-state index in [-0.39, 0.29) is 0 Å². The van der Waals surface area contributed by atoms with Crippen molar-refractivity contribution < 1.29 is 4.42 Å². The van der Waals surface area contributed by atoms with Crippen molar-refractivity contribution in [2.24, 2.45) is 0 Å². The van der Waals surface area contributed by atoms with Crippen LogP contribution in [0.25, 0.3) is 33.9 Å². The number of nitrogens with one attached hydrogen (secondary N) is 1. The number of hydrogen-bond donors (Lipinski definition) is 1. The summed E-state index contributed by atoms with van der Waals surface area (Å²) >= 11 is 0. The summed E-state index contributed by atoms with van der Waals surface area (Å²) in [4.78, 5) is 4.51. The molecule has 0 bridgehead atoms. The molecule has 102 valence electrons. The molecule has 4 heteroatoms. The molecule has 0 amide bonds. The van der Waals surface area contributed by atoms with Crippen LogP contribution < -0.4 is 0 Å². The van der Waals surface area contributed by atoms with Gasteiger partial charge in [0.05, 0.1) is 0 Å². The van der Waals surface area contributed by atoms with Crippen LogP contribution in [0.1, 0.15) is 5.56 Å². The second-order valence-electron chi connectivity index (χ2n) is 5.03. The lowest BCUT2D eigenvalue weighted by molar-refractivity contribution is 0.625. The number of nitrogens with zero attached hydrogens (tertiary/aromatic N) is 2. The fraction of sp³-hybridized carbons (Fsp3) is 0.0588. The summed E-state index contributed by atoms with van der Waals surface area (Å²) in [6, 6.07) is 18.0. The number of aromatic nitrogens is 3. The van der Waals surface area contributed by atoms with Gasteiger partial charge in [0.15, 0.2) is 17.4 Å². The van der Waals surface area contributed by atoms with Gasteiger partial charge in [-0.15, -0.1) is 0 Å². The molecular weight excluding hydrogens is 262 g/mol. The minimum absolute atomic E-state index is 0.641. The van der Waals surface area contributed by atoms with Crippen LogP contribution in [0.5, 0.6) is 0 Å². The van der Waals surface area contributed by atoms with E-state index in [9.17, 15) is 0 Å². The van der Waals surface area contributed by atoms with Crippen molar-refractivity contribution in [3.05, 3.63) is 60.2 Å². The third-order valence-electron chi connectivity index (χ3n) is 3.42. The molecule has 0 aliphatic heterocycles. The van der Waals surface area contributed by atoms with E-state index in [1.165, 1.54) is 5.56 Å². The predicted molar refractivity (Wildman–Crippen MR) is 81.8 cm³/mol. The summed E-state index contributed by atoms with van der Waals surface area (Å²) in [5, 5.41) is 8.27. The van der Waals surface area contributed by atoms with Crippen molar-refractivity contribution in [2.45, 2.75) is 6.92 Å². The minimum atomic E-state index is 0.641. The van der Waals surface area contributed by atoms with Crippen LogP contribution in [0.2, 0.25) is 0 Å². The average Bonchev–Trinajstić information content (AvgIpc) is 3.14. The third kappa shape index (κ3) is 2.10. The quantitative estimate of drug-likeness (QED) is 0.596. The van der Waals surface area contributed by atoms with E-state index in [1.54, 1.807) is 0 Å². The van der Waals surface area contributed by atoms with Gasteiger partial charge in [-0.25, -0.2) is 4.98 Å². The van der Waals surface area contributed by atoms with Crippen molar-refractivity contribution in [3.8, 4) is 23.0 Å². The number of H-pyrrole nitrogens is 1. The number of benzene rings is 2. The number of furan rings is 1. The normalized spacial score (nSPS) is 11.1. The van der Waals surface area contributed by atoms with Crippen LogP contribution in [0.15, 0.2) is 59.0 Å². The van der Waals surface area contributed by atoms with Gasteiger partial charge in [0.1, 0.15) is 5.58 Å². The number of hydrogen-bond acceptors (Lipinski definition) is 3. The van der Waals surface area contributed by atoms with E-state index in [4.69, 9.17) is 4.42 Å². The maximum atomic E-state index is 5.82. The predicted octanol–water partition coefficient (Wildman–Crippen LogP) is 4.19. The first-order valence-electron chi connectivity index (χ1n) is 6.78.